The number of rotatable bonds is 6. The monoisotopic (exact) mass is 342 g/mol. The van der Waals surface area contributed by atoms with E-state index in [9.17, 15) is 18.0 Å². The summed E-state index contributed by atoms with van der Waals surface area (Å²) in [6.07, 6.45) is 0.358. The molecule has 1 unspecified atom stereocenters. The highest BCUT2D eigenvalue weighted by molar-refractivity contribution is 7.91. The first-order valence-corrected chi connectivity index (χ1v) is 8.87. The lowest BCUT2D eigenvalue weighted by atomic mass is 10.2. The zero-order valence-corrected chi connectivity index (χ0v) is 13.5. The van der Waals surface area contributed by atoms with Gasteiger partial charge in [0.25, 0.3) is 5.91 Å². The molecule has 0 saturated carbocycles. The number of nitrogens with zero attached hydrogens (tertiary/aromatic N) is 2. The highest BCUT2D eigenvalue weighted by Crippen LogP contribution is 2.19. The fourth-order valence-corrected chi connectivity index (χ4v) is 4.21. The van der Waals surface area contributed by atoms with E-state index in [0.29, 0.717) is 6.42 Å². The van der Waals surface area contributed by atoms with Gasteiger partial charge in [0.2, 0.25) is 0 Å². The number of hydrogen-bond donors (Lipinski definition) is 1. The van der Waals surface area contributed by atoms with Crippen molar-refractivity contribution in [1.29, 1.82) is 0 Å². The summed E-state index contributed by atoms with van der Waals surface area (Å²) in [7, 11) is -1.67. The van der Waals surface area contributed by atoms with Crippen LogP contribution in [0.25, 0.3) is 0 Å². The predicted molar refractivity (Wildman–Crippen MR) is 81.2 cm³/mol. The molecule has 0 aromatic carbocycles. The largest absolute Gasteiger partial charge is 0.477 e. The lowest BCUT2D eigenvalue weighted by Gasteiger charge is -2.27. The summed E-state index contributed by atoms with van der Waals surface area (Å²) in [6, 6.07) is 3.69. The molecule has 1 aliphatic heterocycles. The third kappa shape index (κ3) is 4.26. The average Bonchev–Trinajstić information content (AvgIpc) is 2.87. The quantitative estimate of drug-likeness (QED) is 0.777. The molecule has 1 aromatic rings. The van der Waals surface area contributed by atoms with Crippen LogP contribution in [0.4, 0.5) is 0 Å². The minimum atomic E-state index is -3.15. The Balaban J connectivity index is 2.26. The summed E-state index contributed by atoms with van der Waals surface area (Å²) in [5.74, 6) is -1.78. The SMILES string of the molecule is COCCN(C(=O)c1cccc(C(=O)O)n1)C1CCS(=O)(=O)C1. The topological polar surface area (TPSA) is 114 Å². The van der Waals surface area contributed by atoms with Gasteiger partial charge in [-0.3, -0.25) is 4.79 Å². The molecule has 1 aromatic heterocycles. The van der Waals surface area contributed by atoms with Gasteiger partial charge in [0.1, 0.15) is 11.4 Å². The number of amides is 1. The van der Waals surface area contributed by atoms with Crippen molar-refractivity contribution in [2.24, 2.45) is 0 Å². The Labute approximate surface area is 134 Å². The zero-order valence-electron chi connectivity index (χ0n) is 12.6. The second-order valence-electron chi connectivity index (χ2n) is 5.26. The summed E-state index contributed by atoms with van der Waals surface area (Å²) in [5.41, 5.74) is -0.258. The zero-order chi connectivity index (χ0) is 17.0. The minimum absolute atomic E-state index is 0.0229. The Morgan fingerprint density at radius 1 is 1.39 bits per heavy atom. The Morgan fingerprint density at radius 2 is 2.09 bits per heavy atom. The first-order valence-electron chi connectivity index (χ1n) is 7.05. The van der Waals surface area contributed by atoms with Crippen LogP contribution in [0.3, 0.4) is 0 Å². The van der Waals surface area contributed by atoms with Gasteiger partial charge in [-0.25, -0.2) is 18.2 Å². The molecule has 0 radical (unpaired) electrons. The van der Waals surface area contributed by atoms with Crippen molar-refractivity contribution in [2.45, 2.75) is 12.5 Å². The van der Waals surface area contributed by atoms with E-state index in [1.54, 1.807) is 0 Å². The molecule has 1 amide bonds. The van der Waals surface area contributed by atoms with E-state index < -0.39 is 27.8 Å². The van der Waals surface area contributed by atoms with Crippen LogP contribution in [0.15, 0.2) is 18.2 Å². The van der Waals surface area contributed by atoms with Crippen molar-refractivity contribution >= 4 is 21.7 Å². The van der Waals surface area contributed by atoms with E-state index in [-0.39, 0.29) is 36.0 Å². The van der Waals surface area contributed by atoms with Crippen LogP contribution >= 0.6 is 0 Å². The van der Waals surface area contributed by atoms with Crippen molar-refractivity contribution in [3.63, 3.8) is 0 Å². The smallest absolute Gasteiger partial charge is 0.354 e. The van der Waals surface area contributed by atoms with Crippen molar-refractivity contribution in [1.82, 2.24) is 9.88 Å². The Hall–Kier alpha value is -2.00. The van der Waals surface area contributed by atoms with E-state index in [1.807, 2.05) is 0 Å². The second-order valence-corrected chi connectivity index (χ2v) is 7.49. The number of carboxylic acid groups (broad SMARTS) is 1. The Bertz CT molecular complexity index is 703. The maximum atomic E-state index is 12.6. The van der Waals surface area contributed by atoms with Gasteiger partial charge in [0.05, 0.1) is 18.1 Å². The maximum Gasteiger partial charge on any atom is 0.354 e. The molecule has 0 aliphatic carbocycles. The molecule has 1 atom stereocenters. The fourth-order valence-electron chi connectivity index (χ4n) is 2.48. The number of carbonyl (C=O) groups is 2. The summed E-state index contributed by atoms with van der Waals surface area (Å²) in [5, 5.41) is 8.96. The van der Waals surface area contributed by atoms with Crippen LogP contribution < -0.4 is 0 Å². The first-order chi connectivity index (χ1) is 10.8. The maximum absolute atomic E-state index is 12.6. The van der Waals surface area contributed by atoms with E-state index >= 15 is 0 Å². The number of sulfone groups is 1. The summed E-state index contributed by atoms with van der Waals surface area (Å²) in [6.45, 7) is 0.468. The van der Waals surface area contributed by atoms with Gasteiger partial charge in [0.15, 0.2) is 9.84 Å². The number of carboxylic acids is 1. The van der Waals surface area contributed by atoms with Crippen LogP contribution in [0.5, 0.6) is 0 Å². The van der Waals surface area contributed by atoms with Gasteiger partial charge in [0, 0.05) is 19.7 Å². The third-order valence-corrected chi connectivity index (χ3v) is 5.38. The fraction of sp³-hybridized carbons (Fsp3) is 0.500. The number of ether oxygens (including phenoxy) is 1. The summed E-state index contributed by atoms with van der Waals surface area (Å²) >= 11 is 0. The van der Waals surface area contributed by atoms with Crippen LogP contribution in [-0.4, -0.2) is 73.1 Å². The molecule has 9 heteroatoms. The van der Waals surface area contributed by atoms with Gasteiger partial charge in [-0.2, -0.15) is 0 Å². The van der Waals surface area contributed by atoms with Crippen LogP contribution in [0.2, 0.25) is 0 Å². The summed E-state index contributed by atoms with van der Waals surface area (Å²) < 4.78 is 28.3. The molecule has 126 valence electrons. The lowest BCUT2D eigenvalue weighted by molar-refractivity contribution is 0.0618. The van der Waals surface area contributed by atoms with Gasteiger partial charge in [-0.15, -0.1) is 0 Å². The molecule has 2 rings (SSSR count). The molecule has 2 heterocycles. The molecule has 0 spiro atoms. The minimum Gasteiger partial charge on any atom is -0.477 e. The van der Waals surface area contributed by atoms with E-state index in [1.165, 1.54) is 30.2 Å². The normalized spacial score (nSPS) is 19.4. The number of aromatic carboxylic acids is 1. The van der Waals surface area contributed by atoms with Gasteiger partial charge in [-0.1, -0.05) is 6.07 Å². The highest BCUT2D eigenvalue weighted by Gasteiger charge is 2.35. The first kappa shape index (κ1) is 17.4. The molecule has 8 nitrogen and oxygen atoms in total. The molecule has 1 aliphatic rings. The number of methoxy groups -OCH3 is 1. The van der Waals surface area contributed by atoms with Crippen molar-refractivity contribution in [3.05, 3.63) is 29.6 Å². The van der Waals surface area contributed by atoms with Crippen molar-refractivity contribution in [2.75, 3.05) is 31.8 Å². The second kappa shape index (κ2) is 7.05. The van der Waals surface area contributed by atoms with Crippen molar-refractivity contribution in [3.8, 4) is 0 Å². The molecule has 1 N–H and O–H groups in total. The lowest BCUT2D eigenvalue weighted by Crippen LogP contribution is -2.43. The standard InChI is InChI=1S/C14H18N2O6S/c1-22-7-6-16(10-5-8-23(20,21)9-10)13(17)11-3-2-4-12(15-11)14(18)19/h2-4,10H,5-9H2,1H3,(H,18,19). The Morgan fingerprint density at radius 3 is 2.65 bits per heavy atom. The van der Waals surface area contributed by atoms with E-state index in [2.05, 4.69) is 4.98 Å². The molecular weight excluding hydrogens is 324 g/mol. The molecule has 1 fully saturated rings. The molecular formula is C14H18N2O6S. The summed E-state index contributed by atoms with van der Waals surface area (Å²) in [4.78, 5) is 28.8. The predicted octanol–water partition coefficient (Wildman–Crippen LogP) is 0.0555. The van der Waals surface area contributed by atoms with Gasteiger partial charge < -0.3 is 14.7 Å². The highest BCUT2D eigenvalue weighted by atomic mass is 32.2. The molecule has 1 saturated heterocycles. The van der Waals surface area contributed by atoms with E-state index in [4.69, 9.17) is 9.84 Å². The van der Waals surface area contributed by atoms with Gasteiger partial charge in [-0.05, 0) is 18.6 Å². The van der Waals surface area contributed by atoms with Crippen LogP contribution in [0.1, 0.15) is 27.4 Å². The number of hydrogen-bond acceptors (Lipinski definition) is 6. The van der Waals surface area contributed by atoms with Crippen LogP contribution in [0, 0.1) is 0 Å². The Kier molecular flexibility index (Phi) is 5.32. The van der Waals surface area contributed by atoms with E-state index in [0.717, 1.165) is 0 Å². The molecule has 0 bridgehead atoms. The average molecular weight is 342 g/mol. The third-order valence-electron chi connectivity index (χ3n) is 3.63. The molecule has 23 heavy (non-hydrogen) atoms. The van der Waals surface area contributed by atoms with Crippen LogP contribution in [-0.2, 0) is 14.6 Å². The van der Waals surface area contributed by atoms with Crippen molar-refractivity contribution < 1.29 is 27.9 Å². The van der Waals surface area contributed by atoms with Gasteiger partial charge >= 0.3 is 5.97 Å². The number of pyridine rings is 1. The number of carbonyl (C=O) groups excluding carboxylic acids is 1. The number of aromatic nitrogens is 1.